The summed E-state index contributed by atoms with van der Waals surface area (Å²) in [4.78, 5) is 30.9. The summed E-state index contributed by atoms with van der Waals surface area (Å²) in [6.07, 6.45) is 0.226. The zero-order chi connectivity index (χ0) is 14.2. The van der Waals surface area contributed by atoms with Gasteiger partial charge in [0.25, 0.3) is 0 Å². The third-order valence-corrected chi connectivity index (χ3v) is 6.35. The zero-order valence-corrected chi connectivity index (χ0v) is 11.8. The Morgan fingerprint density at radius 2 is 1.72 bits per heavy atom. The Bertz CT molecular complexity index is 368. The molecule has 0 saturated carbocycles. The molecule has 18 heavy (non-hydrogen) atoms. The summed E-state index contributed by atoms with van der Waals surface area (Å²) < 4.78 is 17.1. The van der Waals surface area contributed by atoms with Crippen molar-refractivity contribution in [2.45, 2.75) is 51.3 Å². The van der Waals surface area contributed by atoms with Crippen molar-refractivity contribution in [1.82, 2.24) is 0 Å². The molecule has 1 rings (SSSR count). The van der Waals surface area contributed by atoms with Gasteiger partial charge >= 0.3 is 13.6 Å². The maximum atomic E-state index is 11.9. The van der Waals surface area contributed by atoms with Crippen molar-refractivity contribution in [1.29, 1.82) is 0 Å². The second-order valence-corrected chi connectivity index (χ2v) is 6.60. The van der Waals surface area contributed by atoms with Crippen LogP contribution in [0, 0.1) is 5.41 Å². The number of hydrogen-bond acceptors (Lipinski definition) is 3. The Hall–Kier alpha value is -0.420. The van der Waals surface area contributed by atoms with Crippen LogP contribution in [0.5, 0.6) is 0 Å². The van der Waals surface area contributed by atoms with Crippen LogP contribution in [0.1, 0.15) is 40.0 Å². The Morgan fingerprint density at radius 1 is 1.28 bits per heavy atom. The van der Waals surface area contributed by atoms with Crippen LogP contribution in [0.25, 0.3) is 0 Å². The first kappa shape index (κ1) is 15.6. The third-order valence-electron chi connectivity index (χ3n) is 4.40. The van der Waals surface area contributed by atoms with E-state index in [1.165, 1.54) is 6.92 Å². The molecular weight excluding hydrogens is 259 g/mol. The quantitative estimate of drug-likeness (QED) is 0.483. The average Bonchev–Trinajstić information content (AvgIpc) is 3.07. The third kappa shape index (κ3) is 1.92. The van der Waals surface area contributed by atoms with E-state index in [1.54, 1.807) is 13.8 Å². The fourth-order valence-electron chi connectivity index (χ4n) is 3.26. The van der Waals surface area contributed by atoms with Gasteiger partial charge in [-0.15, -0.1) is 0 Å². The topological polar surface area (TPSA) is 107 Å². The van der Waals surface area contributed by atoms with Crippen molar-refractivity contribution in [3.05, 3.63) is 0 Å². The van der Waals surface area contributed by atoms with Gasteiger partial charge < -0.3 is 19.6 Å². The molecule has 0 bridgehead atoms. The molecule has 0 aromatic carbocycles. The summed E-state index contributed by atoms with van der Waals surface area (Å²) in [5.74, 6) is -1.43. The van der Waals surface area contributed by atoms with Gasteiger partial charge in [-0.25, -0.2) is 0 Å². The summed E-state index contributed by atoms with van der Waals surface area (Å²) in [5.41, 5.74) is -1.02. The lowest BCUT2D eigenvalue weighted by atomic mass is 9.67. The molecule has 0 spiro atoms. The van der Waals surface area contributed by atoms with Gasteiger partial charge in [0.2, 0.25) is 0 Å². The minimum Gasteiger partial charge on any atom is -0.480 e. The molecule has 1 fully saturated rings. The lowest BCUT2D eigenvalue weighted by molar-refractivity contribution is -0.146. The molecular formula is C11H21O6P. The summed E-state index contributed by atoms with van der Waals surface area (Å²) in [6, 6.07) is 0. The second kappa shape index (κ2) is 4.93. The predicted octanol–water partition coefficient (Wildman–Crippen LogP) is 1.60. The molecule has 0 aromatic heterocycles. The largest absolute Gasteiger partial charge is 0.480 e. The number of epoxide rings is 1. The number of aliphatic carboxylic acids is 1. The predicted molar refractivity (Wildman–Crippen MR) is 65.5 cm³/mol. The van der Waals surface area contributed by atoms with Crippen LogP contribution >= 0.6 is 7.60 Å². The fraction of sp³-hybridized carbons (Fsp3) is 0.909. The Balaban J connectivity index is 3.49. The molecule has 0 aliphatic carbocycles. The van der Waals surface area contributed by atoms with Gasteiger partial charge in [-0.05, 0) is 19.3 Å². The SMILES string of the molecule is CCC(CC)(C1CO1)C(CC)(C(=O)O)P(=O)(O)O. The van der Waals surface area contributed by atoms with Gasteiger partial charge in [-0.3, -0.25) is 9.36 Å². The molecule has 2 unspecified atom stereocenters. The minimum atomic E-state index is -4.81. The first-order chi connectivity index (χ1) is 8.23. The monoisotopic (exact) mass is 280 g/mol. The van der Waals surface area contributed by atoms with Crippen LogP contribution in [0.3, 0.4) is 0 Å². The van der Waals surface area contributed by atoms with Gasteiger partial charge in [0.15, 0.2) is 5.16 Å². The number of carboxylic acids is 1. The number of carbonyl (C=O) groups is 1. The number of ether oxygens (including phenoxy) is 1. The second-order valence-electron chi connectivity index (χ2n) is 4.75. The normalized spacial score (nSPS) is 23.5. The van der Waals surface area contributed by atoms with Crippen molar-refractivity contribution in [2.24, 2.45) is 5.41 Å². The van der Waals surface area contributed by atoms with Gasteiger partial charge in [-0.1, -0.05) is 20.8 Å². The van der Waals surface area contributed by atoms with Crippen LogP contribution in [0.2, 0.25) is 0 Å². The first-order valence-electron chi connectivity index (χ1n) is 6.14. The van der Waals surface area contributed by atoms with Crippen LogP contribution < -0.4 is 0 Å². The summed E-state index contributed by atoms with van der Waals surface area (Å²) in [6.45, 7) is 5.40. The molecule has 1 heterocycles. The number of rotatable bonds is 7. The molecule has 0 radical (unpaired) electrons. The highest BCUT2D eigenvalue weighted by Gasteiger charge is 2.69. The summed E-state index contributed by atoms with van der Waals surface area (Å²) >= 11 is 0. The maximum absolute atomic E-state index is 11.9. The molecule has 1 saturated heterocycles. The van der Waals surface area contributed by atoms with Gasteiger partial charge in [0, 0.05) is 5.41 Å². The lowest BCUT2D eigenvalue weighted by Crippen LogP contribution is -2.56. The van der Waals surface area contributed by atoms with E-state index in [0.717, 1.165) is 0 Å². The standard InChI is InChI=1S/C11H21O6P/c1-4-10(5-2,8-7-17-8)11(6-3,9(12)13)18(14,15)16/h8H,4-7H2,1-3H3,(H,12,13)(H2,14,15,16). The van der Waals surface area contributed by atoms with E-state index >= 15 is 0 Å². The summed E-state index contributed by atoms with van der Waals surface area (Å²) in [5, 5.41) is 7.42. The average molecular weight is 280 g/mol. The lowest BCUT2D eigenvalue weighted by Gasteiger charge is -2.46. The Kier molecular flexibility index (Phi) is 4.28. The highest BCUT2D eigenvalue weighted by atomic mass is 31.2. The fourth-order valence-corrected chi connectivity index (χ4v) is 4.96. The van der Waals surface area contributed by atoms with Crippen LogP contribution in [0.4, 0.5) is 0 Å². The molecule has 1 aliphatic rings. The van der Waals surface area contributed by atoms with Gasteiger partial charge in [0.1, 0.15) is 0 Å². The van der Waals surface area contributed by atoms with Gasteiger partial charge in [0.05, 0.1) is 12.7 Å². The van der Waals surface area contributed by atoms with E-state index in [9.17, 15) is 24.3 Å². The van der Waals surface area contributed by atoms with Gasteiger partial charge in [-0.2, -0.15) is 0 Å². The van der Waals surface area contributed by atoms with Crippen molar-refractivity contribution in [2.75, 3.05) is 6.61 Å². The van der Waals surface area contributed by atoms with Crippen LogP contribution in [-0.4, -0.2) is 38.7 Å². The van der Waals surface area contributed by atoms with Crippen LogP contribution in [-0.2, 0) is 14.1 Å². The van der Waals surface area contributed by atoms with E-state index < -0.39 is 24.1 Å². The van der Waals surface area contributed by atoms with Crippen molar-refractivity contribution in [3.63, 3.8) is 0 Å². The molecule has 106 valence electrons. The molecule has 1 aliphatic heterocycles. The Labute approximate surface area is 107 Å². The van der Waals surface area contributed by atoms with E-state index in [4.69, 9.17) is 4.74 Å². The molecule has 0 aromatic rings. The zero-order valence-electron chi connectivity index (χ0n) is 10.9. The van der Waals surface area contributed by atoms with Crippen molar-refractivity contribution >= 4 is 13.6 Å². The molecule has 3 N–H and O–H groups in total. The number of carboxylic acid groups (broad SMARTS) is 1. The molecule has 6 nitrogen and oxygen atoms in total. The van der Waals surface area contributed by atoms with E-state index in [2.05, 4.69) is 0 Å². The molecule has 2 atom stereocenters. The minimum absolute atomic E-state index is 0.117. The summed E-state index contributed by atoms with van der Waals surface area (Å²) in [7, 11) is -4.81. The van der Waals surface area contributed by atoms with E-state index in [-0.39, 0.29) is 12.5 Å². The highest BCUT2D eigenvalue weighted by molar-refractivity contribution is 7.54. The van der Waals surface area contributed by atoms with E-state index in [1.807, 2.05) is 0 Å². The van der Waals surface area contributed by atoms with Crippen molar-refractivity contribution in [3.8, 4) is 0 Å². The first-order valence-corrected chi connectivity index (χ1v) is 7.75. The maximum Gasteiger partial charge on any atom is 0.343 e. The number of hydrogen-bond donors (Lipinski definition) is 3. The molecule has 0 amide bonds. The van der Waals surface area contributed by atoms with Crippen LogP contribution in [0.15, 0.2) is 0 Å². The Morgan fingerprint density at radius 3 is 1.89 bits per heavy atom. The highest BCUT2D eigenvalue weighted by Crippen LogP contribution is 2.66. The molecule has 7 heteroatoms. The smallest absolute Gasteiger partial charge is 0.343 e. The van der Waals surface area contributed by atoms with Crippen molar-refractivity contribution < 1.29 is 29.0 Å². The van der Waals surface area contributed by atoms with E-state index in [0.29, 0.717) is 19.4 Å².